The Morgan fingerprint density at radius 2 is 1.77 bits per heavy atom. The van der Waals surface area contributed by atoms with Crippen molar-refractivity contribution < 1.29 is 22.7 Å². The van der Waals surface area contributed by atoms with Crippen LogP contribution in [0.4, 0.5) is 4.79 Å². The van der Waals surface area contributed by atoms with Crippen LogP contribution in [-0.4, -0.2) is 78.9 Å². The summed E-state index contributed by atoms with van der Waals surface area (Å²) in [6.07, 6.45) is 0.832. The van der Waals surface area contributed by atoms with Gasteiger partial charge in [-0.3, -0.25) is 9.69 Å². The largest absolute Gasteiger partial charge is 0.444 e. The van der Waals surface area contributed by atoms with Gasteiger partial charge >= 0.3 is 6.09 Å². The lowest BCUT2D eigenvalue weighted by molar-refractivity contribution is -0.137. The number of ether oxygens (including phenoxy) is 1. The summed E-state index contributed by atoms with van der Waals surface area (Å²) >= 11 is 5.93. The molecule has 2 saturated heterocycles. The molecule has 1 aromatic carbocycles. The van der Waals surface area contributed by atoms with Crippen LogP contribution in [-0.2, 0) is 19.6 Å². The minimum absolute atomic E-state index is 0.140. The number of carbonyl (C=O) groups excluding carboxylic acids is 2. The van der Waals surface area contributed by atoms with Gasteiger partial charge in [-0.1, -0.05) is 17.7 Å². The molecule has 0 saturated carbocycles. The summed E-state index contributed by atoms with van der Waals surface area (Å²) in [5.41, 5.74) is -0.631. The van der Waals surface area contributed by atoms with Crippen LogP contribution < -0.4 is 0 Å². The Morgan fingerprint density at radius 3 is 2.37 bits per heavy atom. The molecule has 0 unspecified atom stereocenters. The Balaban J connectivity index is 1.63. The van der Waals surface area contributed by atoms with Crippen LogP contribution in [0, 0.1) is 0 Å². The zero-order chi connectivity index (χ0) is 22.1. The van der Waals surface area contributed by atoms with Crippen molar-refractivity contribution in [2.75, 3.05) is 32.7 Å². The molecule has 2 fully saturated rings. The SMILES string of the molecule is CC(C)(C)OC(=O)N1CCC[C@H]1C(=O)N1CCN(S(=O)(=O)c2cccc(Cl)c2)CC1. The van der Waals surface area contributed by atoms with Gasteiger partial charge in [0.15, 0.2) is 0 Å². The molecule has 2 aliphatic rings. The molecule has 10 heteroatoms. The van der Waals surface area contributed by atoms with Gasteiger partial charge in [0, 0.05) is 37.7 Å². The van der Waals surface area contributed by atoms with Crippen molar-refractivity contribution in [3.63, 3.8) is 0 Å². The third-order valence-corrected chi connectivity index (χ3v) is 7.28. The number of benzene rings is 1. The Hall–Kier alpha value is -1.84. The predicted octanol–water partition coefficient (Wildman–Crippen LogP) is 2.57. The van der Waals surface area contributed by atoms with Crippen LogP contribution >= 0.6 is 11.6 Å². The van der Waals surface area contributed by atoms with Gasteiger partial charge in [0.2, 0.25) is 15.9 Å². The standard InChI is InChI=1S/C20H28ClN3O5S/c1-20(2,3)29-19(26)24-9-5-8-17(24)18(25)22-10-12-23(13-11-22)30(27,28)16-7-4-6-15(21)14-16/h4,6-7,14,17H,5,8-13H2,1-3H3/t17-/m0/s1. The Kier molecular flexibility index (Phi) is 6.64. The van der Waals surface area contributed by atoms with Gasteiger partial charge in [-0.25, -0.2) is 13.2 Å². The number of amides is 2. The fourth-order valence-corrected chi connectivity index (χ4v) is 5.42. The molecule has 8 nitrogen and oxygen atoms in total. The number of piperazine rings is 1. The van der Waals surface area contributed by atoms with E-state index in [0.717, 1.165) is 6.42 Å². The van der Waals surface area contributed by atoms with Gasteiger partial charge in [-0.2, -0.15) is 4.31 Å². The Labute approximate surface area is 182 Å². The topological polar surface area (TPSA) is 87.2 Å². The lowest BCUT2D eigenvalue weighted by atomic mass is 10.1. The number of carbonyl (C=O) groups is 2. The highest BCUT2D eigenvalue weighted by molar-refractivity contribution is 7.89. The lowest BCUT2D eigenvalue weighted by Crippen LogP contribution is -2.55. The number of sulfonamides is 1. The van der Waals surface area contributed by atoms with E-state index in [1.54, 1.807) is 37.8 Å². The van der Waals surface area contributed by atoms with Crippen molar-refractivity contribution >= 4 is 33.6 Å². The average molecular weight is 458 g/mol. The number of rotatable bonds is 3. The van der Waals surface area contributed by atoms with E-state index in [-0.39, 0.29) is 37.0 Å². The molecule has 2 aliphatic heterocycles. The van der Waals surface area contributed by atoms with Crippen molar-refractivity contribution in [1.82, 2.24) is 14.1 Å². The van der Waals surface area contributed by atoms with Crippen molar-refractivity contribution in [2.45, 2.75) is 50.2 Å². The van der Waals surface area contributed by atoms with E-state index in [9.17, 15) is 18.0 Å². The highest BCUT2D eigenvalue weighted by Crippen LogP contribution is 2.25. The second-order valence-electron chi connectivity index (χ2n) is 8.52. The fourth-order valence-electron chi connectivity index (χ4n) is 3.70. The van der Waals surface area contributed by atoms with Crippen LogP contribution in [0.15, 0.2) is 29.2 Å². The molecule has 2 amide bonds. The summed E-state index contributed by atoms with van der Waals surface area (Å²) in [6, 6.07) is 5.59. The van der Waals surface area contributed by atoms with Gasteiger partial charge in [-0.05, 0) is 51.8 Å². The predicted molar refractivity (Wildman–Crippen MR) is 113 cm³/mol. The molecule has 0 bridgehead atoms. The second kappa shape index (κ2) is 8.72. The molecule has 166 valence electrons. The molecule has 0 spiro atoms. The number of nitrogens with zero attached hydrogens (tertiary/aromatic N) is 3. The molecule has 0 radical (unpaired) electrons. The summed E-state index contributed by atoms with van der Waals surface area (Å²) in [4.78, 5) is 28.8. The zero-order valence-corrected chi connectivity index (χ0v) is 19.1. The van der Waals surface area contributed by atoms with Gasteiger partial charge in [0.25, 0.3) is 0 Å². The third kappa shape index (κ3) is 5.07. The Bertz CT molecular complexity index is 907. The van der Waals surface area contributed by atoms with Crippen LogP contribution in [0.2, 0.25) is 5.02 Å². The first-order valence-corrected chi connectivity index (χ1v) is 11.8. The van der Waals surface area contributed by atoms with Crippen molar-refractivity contribution in [1.29, 1.82) is 0 Å². The monoisotopic (exact) mass is 457 g/mol. The first-order chi connectivity index (χ1) is 14.0. The van der Waals surface area contributed by atoms with Crippen LogP contribution in [0.5, 0.6) is 0 Å². The summed E-state index contributed by atoms with van der Waals surface area (Å²) in [5.74, 6) is -0.154. The van der Waals surface area contributed by atoms with Crippen molar-refractivity contribution in [2.24, 2.45) is 0 Å². The Morgan fingerprint density at radius 1 is 1.10 bits per heavy atom. The number of likely N-dealkylation sites (tertiary alicyclic amines) is 1. The first-order valence-electron chi connectivity index (χ1n) is 10.0. The smallest absolute Gasteiger partial charge is 0.410 e. The van der Waals surface area contributed by atoms with E-state index < -0.39 is 27.8 Å². The summed E-state index contributed by atoms with van der Waals surface area (Å²) in [7, 11) is -3.67. The molecule has 0 aromatic heterocycles. The van der Waals surface area contributed by atoms with E-state index in [4.69, 9.17) is 16.3 Å². The minimum Gasteiger partial charge on any atom is -0.444 e. The van der Waals surface area contributed by atoms with Crippen LogP contribution in [0.3, 0.4) is 0 Å². The minimum atomic E-state index is -3.67. The van der Waals surface area contributed by atoms with E-state index in [1.807, 2.05) is 0 Å². The molecule has 30 heavy (non-hydrogen) atoms. The highest BCUT2D eigenvalue weighted by atomic mass is 35.5. The molecule has 1 aromatic rings. The number of halogens is 1. The van der Waals surface area contributed by atoms with E-state index in [2.05, 4.69) is 0 Å². The summed E-state index contributed by atoms with van der Waals surface area (Å²) in [5, 5.41) is 0.355. The normalized spacial score (nSPS) is 21.0. The fraction of sp³-hybridized carbons (Fsp3) is 0.600. The quantitative estimate of drug-likeness (QED) is 0.696. The molecular weight excluding hydrogens is 430 g/mol. The van der Waals surface area contributed by atoms with Gasteiger partial charge < -0.3 is 9.64 Å². The van der Waals surface area contributed by atoms with Gasteiger partial charge in [0.05, 0.1) is 4.90 Å². The van der Waals surface area contributed by atoms with E-state index in [1.165, 1.54) is 21.3 Å². The van der Waals surface area contributed by atoms with Gasteiger partial charge in [-0.15, -0.1) is 0 Å². The van der Waals surface area contributed by atoms with E-state index in [0.29, 0.717) is 18.0 Å². The molecule has 0 aliphatic carbocycles. The first kappa shape index (κ1) is 22.8. The lowest BCUT2D eigenvalue weighted by Gasteiger charge is -2.37. The highest BCUT2D eigenvalue weighted by Gasteiger charge is 2.40. The molecule has 2 heterocycles. The summed E-state index contributed by atoms with van der Waals surface area (Å²) in [6.45, 7) is 6.79. The number of hydrogen-bond acceptors (Lipinski definition) is 5. The maximum Gasteiger partial charge on any atom is 0.410 e. The maximum absolute atomic E-state index is 13.0. The van der Waals surface area contributed by atoms with Gasteiger partial charge in [0.1, 0.15) is 11.6 Å². The zero-order valence-electron chi connectivity index (χ0n) is 17.5. The molecular formula is C20H28ClN3O5S. The molecule has 1 atom stereocenters. The van der Waals surface area contributed by atoms with Crippen molar-refractivity contribution in [3.05, 3.63) is 29.3 Å². The number of hydrogen-bond donors (Lipinski definition) is 0. The third-order valence-electron chi connectivity index (χ3n) is 5.15. The average Bonchev–Trinajstić information content (AvgIpc) is 3.16. The second-order valence-corrected chi connectivity index (χ2v) is 10.9. The van der Waals surface area contributed by atoms with Crippen molar-refractivity contribution in [3.8, 4) is 0 Å². The van der Waals surface area contributed by atoms with Crippen LogP contribution in [0.25, 0.3) is 0 Å². The van der Waals surface area contributed by atoms with Crippen LogP contribution in [0.1, 0.15) is 33.6 Å². The summed E-state index contributed by atoms with van der Waals surface area (Å²) < 4.78 is 32.5. The molecule has 3 rings (SSSR count). The maximum atomic E-state index is 13.0. The molecule has 0 N–H and O–H groups in total. The van der Waals surface area contributed by atoms with E-state index >= 15 is 0 Å².